The standard InChI is InChI=1S/C13H18N4O3/c14-15-13(19)17-8-6-16(7-9-17)12(18)10-20-11-4-2-1-3-5-11/h1-5H,6-10,14H2,(H,15,19). The van der Waals surface area contributed by atoms with Crippen LogP contribution >= 0.6 is 0 Å². The highest BCUT2D eigenvalue weighted by Gasteiger charge is 2.23. The summed E-state index contributed by atoms with van der Waals surface area (Å²) in [5.41, 5.74) is 2.08. The predicted octanol–water partition coefficient (Wildman–Crippen LogP) is -0.207. The Hall–Kier alpha value is -2.28. The molecule has 0 radical (unpaired) electrons. The van der Waals surface area contributed by atoms with Crippen molar-refractivity contribution in [1.82, 2.24) is 15.2 Å². The molecule has 0 bridgehead atoms. The summed E-state index contributed by atoms with van der Waals surface area (Å²) in [6.45, 7) is 1.93. The van der Waals surface area contributed by atoms with Crippen molar-refractivity contribution in [1.29, 1.82) is 0 Å². The summed E-state index contributed by atoms with van der Waals surface area (Å²) in [6.07, 6.45) is 0. The van der Waals surface area contributed by atoms with Crippen molar-refractivity contribution in [2.75, 3.05) is 32.8 Å². The van der Waals surface area contributed by atoms with E-state index in [0.29, 0.717) is 31.9 Å². The van der Waals surface area contributed by atoms with E-state index in [9.17, 15) is 9.59 Å². The Kier molecular flexibility index (Phi) is 4.78. The van der Waals surface area contributed by atoms with Crippen molar-refractivity contribution < 1.29 is 14.3 Å². The summed E-state index contributed by atoms with van der Waals surface area (Å²) < 4.78 is 5.41. The van der Waals surface area contributed by atoms with Gasteiger partial charge < -0.3 is 14.5 Å². The van der Waals surface area contributed by atoms with Gasteiger partial charge in [0.25, 0.3) is 5.91 Å². The second-order valence-corrected chi connectivity index (χ2v) is 4.42. The van der Waals surface area contributed by atoms with Crippen LogP contribution in [-0.2, 0) is 4.79 Å². The number of nitrogens with one attached hydrogen (secondary N) is 1. The van der Waals surface area contributed by atoms with Crippen molar-refractivity contribution in [2.45, 2.75) is 0 Å². The molecule has 1 aliphatic rings. The summed E-state index contributed by atoms with van der Waals surface area (Å²) in [5, 5.41) is 0. The molecule has 0 aromatic heterocycles. The third-order valence-electron chi connectivity index (χ3n) is 3.15. The van der Waals surface area contributed by atoms with Crippen LogP contribution in [0.5, 0.6) is 5.75 Å². The summed E-state index contributed by atoms with van der Waals surface area (Å²) >= 11 is 0. The minimum Gasteiger partial charge on any atom is -0.484 e. The monoisotopic (exact) mass is 278 g/mol. The van der Waals surface area contributed by atoms with Crippen LogP contribution in [0.2, 0.25) is 0 Å². The van der Waals surface area contributed by atoms with Gasteiger partial charge in [0.15, 0.2) is 6.61 Å². The molecule has 0 aliphatic carbocycles. The van der Waals surface area contributed by atoms with Crippen molar-refractivity contribution in [3.63, 3.8) is 0 Å². The summed E-state index contributed by atoms with van der Waals surface area (Å²) in [7, 11) is 0. The first kappa shape index (κ1) is 14.1. The highest BCUT2D eigenvalue weighted by molar-refractivity contribution is 5.78. The number of hydrogen-bond acceptors (Lipinski definition) is 4. The highest BCUT2D eigenvalue weighted by Crippen LogP contribution is 2.09. The molecule has 1 aliphatic heterocycles. The van der Waals surface area contributed by atoms with Crippen molar-refractivity contribution in [3.05, 3.63) is 30.3 Å². The van der Waals surface area contributed by atoms with E-state index in [4.69, 9.17) is 10.6 Å². The Bertz CT molecular complexity index is 458. The molecule has 1 aromatic rings. The van der Waals surface area contributed by atoms with E-state index in [1.807, 2.05) is 18.2 Å². The molecule has 1 saturated heterocycles. The first-order valence-electron chi connectivity index (χ1n) is 6.42. The number of carbonyl (C=O) groups excluding carboxylic acids is 2. The molecule has 1 fully saturated rings. The van der Waals surface area contributed by atoms with E-state index < -0.39 is 0 Å². The molecule has 1 heterocycles. The lowest BCUT2D eigenvalue weighted by atomic mass is 10.3. The maximum Gasteiger partial charge on any atom is 0.331 e. The number of carbonyl (C=O) groups is 2. The summed E-state index contributed by atoms with van der Waals surface area (Å²) in [6, 6.07) is 8.87. The fourth-order valence-electron chi connectivity index (χ4n) is 2.00. The van der Waals surface area contributed by atoms with Gasteiger partial charge in [0.2, 0.25) is 0 Å². The van der Waals surface area contributed by atoms with E-state index in [-0.39, 0.29) is 18.5 Å². The van der Waals surface area contributed by atoms with Crippen molar-refractivity contribution in [2.24, 2.45) is 5.84 Å². The quantitative estimate of drug-likeness (QED) is 0.455. The normalized spacial score (nSPS) is 14.8. The Morgan fingerprint density at radius 1 is 1.10 bits per heavy atom. The van der Waals surface area contributed by atoms with Gasteiger partial charge in [-0.25, -0.2) is 10.6 Å². The van der Waals surface area contributed by atoms with E-state index in [0.717, 1.165) is 0 Å². The lowest BCUT2D eigenvalue weighted by molar-refractivity contribution is -0.134. The molecule has 0 saturated carbocycles. The number of nitrogens with zero attached hydrogens (tertiary/aromatic N) is 2. The van der Waals surface area contributed by atoms with Gasteiger partial charge in [0.05, 0.1) is 0 Å². The third-order valence-corrected chi connectivity index (χ3v) is 3.15. The van der Waals surface area contributed by atoms with Crippen LogP contribution in [-0.4, -0.2) is 54.5 Å². The third kappa shape index (κ3) is 3.61. The number of hydrogen-bond donors (Lipinski definition) is 2. The Labute approximate surface area is 117 Å². The fraction of sp³-hybridized carbons (Fsp3) is 0.385. The first-order valence-corrected chi connectivity index (χ1v) is 6.42. The van der Waals surface area contributed by atoms with Gasteiger partial charge in [-0.2, -0.15) is 0 Å². The molecule has 108 valence electrons. The average molecular weight is 278 g/mol. The summed E-state index contributed by atoms with van der Waals surface area (Å²) in [5.74, 6) is 5.65. The van der Waals surface area contributed by atoms with Gasteiger partial charge >= 0.3 is 6.03 Å². The van der Waals surface area contributed by atoms with Crippen molar-refractivity contribution in [3.8, 4) is 5.75 Å². The summed E-state index contributed by atoms with van der Waals surface area (Å²) in [4.78, 5) is 26.5. The zero-order valence-electron chi connectivity index (χ0n) is 11.1. The second-order valence-electron chi connectivity index (χ2n) is 4.42. The lowest BCUT2D eigenvalue weighted by Crippen LogP contribution is -2.54. The molecular formula is C13H18N4O3. The number of hydrazine groups is 1. The molecule has 1 aromatic carbocycles. The van der Waals surface area contributed by atoms with E-state index in [1.54, 1.807) is 21.9 Å². The zero-order chi connectivity index (χ0) is 14.4. The number of ether oxygens (including phenoxy) is 1. The van der Waals surface area contributed by atoms with Crippen molar-refractivity contribution >= 4 is 11.9 Å². The molecule has 3 N–H and O–H groups in total. The molecule has 0 unspecified atom stereocenters. The van der Waals surface area contributed by atoms with Gasteiger partial charge in [-0.05, 0) is 12.1 Å². The largest absolute Gasteiger partial charge is 0.484 e. The minimum atomic E-state index is -0.322. The molecular weight excluding hydrogens is 260 g/mol. The number of benzene rings is 1. The van der Waals surface area contributed by atoms with Crippen LogP contribution in [0.25, 0.3) is 0 Å². The SMILES string of the molecule is NNC(=O)N1CCN(C(=O)COc2ccccc2)CC1. The van der Waals surface area contributed by atoms with E-state index in [2.05, 4.69) is 5.43 Å². The first-order chi connectivity index (χ1) is 9.70. The number of rotatable bonds is 3. The molecule has 0 spiro atoms. The van der Waals surface area contributed by atoms with E-state index in [1.165, 1.54) is 0 Å². The topological polar surface area (TPSA) is 87.9 Å². The zero-order valence-corrected chi connectivity index (χ0v) is 11.1. The van der Waals surface area contributed by atoms with Crippen LogP contribution in [0.1, 0.15) is 0 Å². The van der Waals surface area contributed by atoms with Gasteiger partial charge in [-0.1, -0.05) is 18.2 Å². The van der Waals surface area contributed by atoms with Gasteiger partial charge in [-0.3, -0.25) is 10.2 Å². The molecule has 7 nitrogen and oxygen atoms in total. The Balaban J connectivity index is 1.76. The van der Waals surface area contributed by atoms with Crippen LogP contribution < -0.4 is 16.0 Å². The van der Waals surface area contributed by atoms with Gasteiger partial charge in [0.1, 0.15) is 5.75 Å². The number of nitrogens with two attached hydrogens (primary N) is 1. The molecule has 0 atom stereocenters. The minimum absolute atomic E-state index is 0.00704. The van der Waals surface area contributed by atoms with Crippen LogP contribution in [0.4, 0.5) is 4.79 Å². The number of amides is 3. The van der Waals surface area contributed by atoms with Gasteiger partial charge in [-0.15, -0.1) is 0 Å². The lowest BCUT2D eigenvalue weighted by Gasteiger charge is -2.34. The number of urea groups is 1. The molecule has 7 heteroatoms. The number of piperazine rings is 1. The Morgan fingerprint density at radius 2 is 1.70 bits per heavy atom. The van der Waals surface area contributed by atoms with Crippen LogP contribution in [0, 0.1) is 0 Å². The Morgan fingerprint density at radius 3 is 2.30 bits per heavy atom. The average Bonchev–Trinajstić information content (AvgIpc) is 2.53. The predicted molar refractivity (Wildman–Crippen MR) is 72.8 cm³/mol. The smallest absolute Gasteiger partial charge is 0.331 e. The fourth-order valence-corrected chi connectivity index (χ4v) is 2.00. The molecule has 2 rings (SSSR count). The van der Waals surface area contributed by atoms with Gasteiger partial charge in [0, 0.05) is 26.2 Å². The second kappa shape index (κ2) is 6.76. The van der Waals surface area contributed by atoms with E-state index >= 15 is 0 Å². The maximum absolute atomic E-state index is 12.0. The molecule has 20 heavy (non-hydrogen) atoms. The number of para-hydroxylation sites is 1. The maximum atomic E-state index is 12.0. The molecule has 3 amide bonds. The van der Waals surface area contributed by atoms with Crippen LogP contribution in [0.15, 0.2) is 30.3 Å². The van der Waals surface area contributed by atoms with Crippen LogP contribution in [0.3, 0.4) is 0 Å². The highest BCUT2D eigenvalue weighted by atomic mass is 16.5.